The Bertz CT molecular complexity index is 996. The zero-order chi connectivity index (χ0) is 24.4. The van der Waals surface area contributed by atoms with E-state index in [0.29, 0.717) is 34.8 Å². The minimum Gasteiger partial charge on any atom is -0.481 e. The molecular formula is C25H30Cl2N2O2S2. The van der Waals surface area contributed by atoms with Crippen molar-refractivity contribution in [1.82, 2.24) is 5.32 Å². The van der Waals surface area contributed by atoms with Crippen LogP contribution >= 0.6 is 46.7 Å². The second-order valence-corrected chi connectivity index (χ2v) is 10.8. The van der Waals surface area contributed by atoms with Gasteiger partial charge in [0.25, 0.3) is 0 Å². The minimum absolute atomic E-state index is 0.379. The van der Waals surface area contributed by atoms with Crippen LogP contribution in [0.5, 0.6) is 0 Å². The van der Waals surface area contributed by atoms with E-state index in [9.17, 15) is 9.90 Å². The third-order valence-electron chi connectivity index (χ3n) is 4.91. The van der Waals surface area contributed by atoms with Gasteiger partial charge in [-0.15, -0.1) is 23.5 Å². The number of thioether (sulfide) groups is 2. The molecule has 0 spiro atoms. The average molecular weight is 526 g/mol. The van der Waals surface area contributed by atoms with E-state index in [2.05, 4.69) is 36.9 Å². The van der Waals surface area contributed by atoms with Crippen molar-refractivity contribution >= 4 is 65.1 Å². The van der Waals surface area contributed by atoms with Gasteiger partial charge in [-0.2, -0.15) is 0 Å². The molecule has 33 heavy (non-hydrogen) atoms. The summed E-state index contributed by atoms with van der Waals surface area (Å²) >= 11 is 15.5. The van der Waals surface area contributed by atoms with Gasteiger partial charge in [0.15, 0.2) is 0 Å². The molecule has 2 rings (SSSR count). The third kappa shape index (κ3) is 9.02. The highest BCUT2D eigenvalue weighted by Crippen LogP contribution is 2.34. The first kappa shape index (κ1) is 27.8. The maximum atomic E-state index is 11.8. The van der Waals surface area contributed by atoms with E-state index in [-0.39, 0.29) is 0 Å². The molecule has 1 unspecified atom stereocenters. The molecule has 2 aromatic carbocycles. The number of benzene rings is 2. The normalized spacial score (nSPS) is 13.0. The summed E-state index contributed by atoms with van der Waals surface area (Å²) in [7, 11) is 0. The van der Waals surface area contributed by atoms with Crippen molar-refractivity contribution in [1.29, 1.82) is 0 Å². The van der Waals surface area contributed by atoms with Gasteiger partial charge in [0, 0.05) is 27.8 Å². The lowest BCUT2D eigenvalue weighted by atomic mass is 9.99. The van der Waals surface area contributed by atoms with Crippen LogP contribution in [0, 0.1) is 11.8 Å². The second kappa shape index (κ2) is 14.1. The van der Waals surface area contributed by atoms with E-state index in [4.69, 9.17) is 23.2 Å². The van der Waals surface area contributed by atoms with Crippen LogP contribution in [0.4, 0.5) is 0 Å². The Hall–Kier alpha value is -1.44. The van der Waals surface area contributed by atoms with Crippen LogP contribution in [-0.4, -0.2) is 36.5 Å². The lowest BCUT2D eigenvalue weighted by Crippen LogP contribution is -2.30. The molecule has 0 heterocycles. The van der Waals surface area contributed by atoms with Crippen LogP contribution in [0.3, 0.4) is 0 Å². The van der Waals surface area contributed by atoms with Crippen molar-refractivity contribution in [2.45, 2.75) is 31.6 Å². The molecule has 0 aliphatic carbocycles. The Labute approximate surface area is 215 Å². The van der Waals surface area contributed by atoms with Gasteiger partial charge in [-0.3, -0.25) is 9.79 Å². The average Bonchev–Trinajstić information content (AvgIpc) is 2.78. The smallest absolute Gasteiger partial charge is 0.308 e. The SMILES string of the molecule is C=N/C(=C(/CC(C)C)SCNCC(Cc1cccc(SC)c1)C(=O)O)c1ccc(Cl)c(Cl)c1. The van der Waals surface area contributed by atoms with Gasteiger partial charge >= 0.3 is 5.97 Å². The number of aliphatic carboxylic acids is 1. The highest BCUT2D eigenvalue weighted by atomic mass is 35.5. The fourth-order valence-electron chi connectivity index (χ4n) is 3.28. The quantitative estimate of drug-likeness (QED) is 0.124. The van der Waals surface area contributed by atoms with Crippen LogP contribution in [-0.2, 0) is 11.2 Å². The van der Waals surface area contributed by atoms with Crippen molar-refractivity contribution in [3.63, 3.8) is 0 Å². The number of halogens is 2. The first-order chi connectivity index (χ1) is 15.7. The lowest BCUT2D eigenvalue weighted by Gasteiger charge is -2.17. The fraction of sp³-hybridized carbons (Fsp3) is 0.360. The molecule has 0 aliphatic heterocycles. The molecule has 4 nitrogen and oxygen atoms in total. The van der Waals surface area contributed by atoms with E-state index in [1.807, 2.05) is 30.5 Å². The predicted molar refractivity (Wildman–Crippen MR) is 146 cm³/mol. The number of nitrogens with zero attached hydrogens (tertiary/aromatic N) is 1. The number of hydrogen-bond acceptors (Lipinski definition) is 5. The van der Waals surface area contributed by atoms with Gasteiger partial charge < -0.3 is 10.4 Å². The number of allylic oxidation sites excluding steroid dienone is 1. The number of nitrogens with one attached hydrogen (secondary N) is 1. The molecule has 0 amide bonds. The van der Waals surface area contributed by atoms with Crippen molar-refractivity contribution in [2.75, 3.05) is 18.7 Å². The summed E-state index contributed by atoms with van der Waals surface area (Å²) in [4.78, 5) is 18.3. The standard InChI is InChI=1S/C25H30Cl2N2O2S2/c1-16(2)10-23(24(28-3)18-8-9-21(26)22(27)13-18)33-15-29-14-19(25(30)31)11-17-6-5-7-20(12-17)32-4/h5-9,12-13,16,19,29H,3,10-11,14-15H2,1-2,4H3,(H,30,31)/b24-23-. The molecule has 178 valence electrons. The van der Waals surface area contributed by atoms with Gasteiger partial charge in [-0.05, 0) is 61.6 Å². The molecule has 0 radical (unpaired) electrons. The van der Waals surface area contributed by atoms with E-state index in [1.165, 1.54) is 0 Å². The highest BCUT2D eigenvalue weighted by Gasteiger charge is 2.18. The summed E-state index contributed by atoms with van der Waals surface area (Å²) < 4.78 is 0. The number of aliphatic imine (C=N–C) groups is 1. The molecule has 0 saturated heterocycles. The largest absolute Gasteiger partial charge is 0.481 e. The van der Waals surface area contributed by atoms with E-state index >= 15 is 0 Å². The second-order valence-electron chi connectivity index (χ2n) is 7.99. The van der Waals surface area contributed by atoms with Crippen LogP contribution in [0.2, 0.25) is 10.0 Å². The summed E-state index contributed by atoms with van der Waals surface area (Å²) in [6, 6.07) is 13.5. The monoisotopic (exact) mass is 524 g/mol. The summed E-state index contributed by atoms with van der Waals surface area (Å²) in [5.41, 5.74) is 2.67. The van der Waals surface area contributed by atoms with Crippen molar-refractivity contribution in [2.24, 2.45) is 16.8 Å². The first-order valence-corrected chi connectivity index (χ1v) is 13.6. The molecule has 1 atom stereocenters. The van der Waals surface area contributed by atoms with Crippen LogP contribution in [0.15, 0.2) is 57.3 Å². The summed E-state index contributed by atoms with van der Waals surface area (Å²) in [6.07, 6.45) is 3.32. The molecule has 0 fully saturated rings. The van der Waals surface area contributed by atoms with Gasteiger partial charge in [0.2, 0.25) is 0 Å². The van der Waals surface area contributed by atoms with Gasteiger partial charge in [-0.25, -0.2) is 0 Å². The summed E-state index contributed by atoms with van der Waals surface area (Å²) in [6.45, 7) is 8.43. The van der Waals surface area contributed by atoms with Crippen molar-refractivity contribution in [3.8, 4) is 0 Å². The Morgan fingerprint density at radius 3 is 2.55 bits per heavy atom. The highest BCUT2D eigenvalue weighted by molar-refractivity contribution is 8.03. The molecule has 0 bridgehead atoms. The number of hydrogen-bond donors (Lipinski definition) is 2. The first-order valence-electron chi connectivity index (χ1n) is 10.6. The Kier molecular flexibility index (Phi) is 11.9. The van der Waals surface area contributed by atoms with Crippen LogP contribution in [0.25, 0.3) is 5.70 Å². The third-order valence-corrected chi connectivity index (χ3v) is 7.43. The molecule has 0 aromatic heterocycles. The number of carboxylic acids is 1. The number of rotatable bonds is 13. The van der Waals surface area contributed by atoms with Crippen LogP contribution < -0.4 is 5.32 Å². The maximum Gasteiger partial charge on any atom is 0.308 e. The molecule has 8 heteroatoms. The number of carbonyl (C=O) groups is 1. The van der Waals surface area contributed by atoms with Gasteiger partial charge in [-0.1, -0.05) is 55.2 Å². The molecule has 0 saturated carbocycles. The van der Waals surface area contributed by atoms with E-state index in [1.54, 1.807) is 35.7 Å². The topological polar surface area (TPSA) is 61.7 Å². The molecule has 2 N–H and O–H groups in total. The van der Waals surface area contributed by atoms with Crippen molar-refractivity contribution in [3.05, 3.63) is 68.5 Å². The van der Waals surface area contributed by atoms with Gasteiger partial charge in [0.1, 0.15) is 0 Å². The van der Waals surface area contributed by atoms with E-state index in [0.717, 1.165) is 33.0 Å². The maximum absolute atomic E-state index is 11.8. The number of carboxylic acid groups (broad SMARTS) is 1. The lowest BCUT2D eigenvalue weighted by molar-refractivity contribution is -0.141. The van der Waals surface area contributed by atoms with E-state index < -0.39 is 11.9 Å². The molecular weight excluding hydrogens is 495 g/mol. The van der Waals surface area contributed by atoms with Crippen LogP contribution in [0.1, 0.15) is 31.4 Å². The summed E-state index contributed by atoms with van der Waals surface area (Å²) in [5.74, 6) is -0.323. The molecule has 0 aliphatic rings. The summed E-state index contributed by atoms with van der Waals surface area (Å²) in [5, 5.41) is 14.0. The predicted octanol–water partition coefficient (Wildman–Crippen LogP) is 7.35. The molecule has 2 aromatic rings. The Balaban J connectivity index is 2.08. The fourth-order valence-corrected chi connectivity index (χ4v) is 5.23. The minimum atomic E-state index is -0.802. The Morgan fingerprint density at radius 1 is 1.18 bits per heavy atom. The van der Waals surface area contributed by atoms with Crippen molar-refractivity contribution < 1.29 is 9.90 Å². The zero-order valence-corrected chi connectivity index (χ0v) is 22.3. The Morgan fingerprint density at radius 2 is 1.94 bits per heavy atom. The zero-order valence-electron chi connectivity index (χ0n) is 19.1. The van der Waals surface area contributed by atoms with Gasteiger partial charge in [0.05, 0.1) is 21.7 Å².